The van der Waals surface area contributed by atoms with Crippen LogP contribution in [0.25, 0.3) is 0 Å². The lowest BCUT2D eigenvalue weighted by atomic mass is 10.3. The Balaban J connectivity index is 2.50. The maximum absolute atomic E-state index is 12.1. The van der Waals surface area contributed by atoms with Gasteiger partial charge in [-0.15, -0.1) is 0 Å². The second kappa shape index (κ2) is 6.96. The lowest BCUT2D eigenvalue weighted by Crippen LogP contribution is -2.45. The zero-order valence-corrected chi connectivity index (χ0v) is 11.3. The van der Waals surface area contributed by atoms with Gasteiger partial charge >= 0.3 is 18.0 Å². The molecule has 0 heterocycles. The summed E-state index contributed by atoms with van der Waals surface area (Å²) in [5.41, 5.74) is 0. The first-order valence-corrected chi connectivity index (χ1v) is 6.34. The van der Waals surface area contributed by atoms with Crippen LogP contribution < -0.4 is 0 Å². The molecule has 0 aromatic carbocycles. The van der Waals surface area contributed by atoms with Crippen LogP contribution in [0.15, 0.2) is 0 Å². The van der Waals surface area contributed by atoms with E-state index < -0.39 is 11.9 Å². The molecule has 0 atom stereocenters. The summed E-state index contributed by atoms with van der Waals surface area (Å²) in [6, 6.07) is -0.215. The number of hydrogen-bond acceptors (Lipinski definition) is 4. The van der Waals surface area contributed by atoms with Crippen LogP contribution in [0, 0.1) is 0 Å². The van der Waals surface area contributed by atoms with Crippen LogP contribution in [-0.2, 0) is 14.3 Å². The van der Waals surface area contributed by atoms with Crippen molar-refractivity contribution in [3.05, 3.63) is 0 Å². The van der Waals surface area contributed by atoms with E-state index in [0.29, 0.717) is 0 Å². The highest BCUT2D eigenvalue weighted by Crippen LogP contribution is 2.27. The van der Waals surface area contributed by atoms with Crippen LogP contribution in [-0.4, -0.2) is 65.7 Å². The number of hydrogen-bond donors (Lipinski definition) is 1. The Labute approximate surface area is 112 Å². The minimum absolute atomic E-state index is 0.0878. The molecule has 7 nitrogen and oxygen atoms in total. The molecule has 1 fully saturated rings. The van der Waals surface area contributed by atoms with Gasteiger partial charge in [0.1, 0.15) is 6.54 Å². The maximum Gasteiger partial charge on any atom is 0.325 e. The minimum atomic E-state index is -0.938. The number of carboxylic acid groups (broad SMARTS) is 1. The molecule has 0 aromatic heterocycles. The molecule has 0 unspecified atom stereocenters. The fraction of sp³-hybridized carbons (Fsp3) is 0.750. The Kier molecular flexibility index (Phi) is 5.59. The number of nitrogens with zero attached hydrogens (tertiary/aromatic N) is 2. The number of carboxylic acids is 1. The fourth-order valence-corrected chi connectivity index (χ4v) is 1.72. The van der Waals surface area contributed by atoms with Crippen molar-refractivity contribution in [1.82, 2.24) is 9.80 Å². The zero-order valence-electron chi connectivity index (χ0n) is 11.3. The molecule has 0 spiro atoms. The molecule has 1 aliphatic carbocycles. The van der Waals surface area contributed by atoms with Crippen LogP contribution in [0.5, 0.6) is 0 Å². The summed E-state index contributed by atoms with van der Waals surface area (Å²) in [5.74, 6) is -1.40. The molecule has 1 rings (SSSR count). The van der Waals surface area contributed by atoms with Crippen molar-refractivity contribution in [2.45, 2.75) is 32.2 Å². The molecule has 0 aromatic rings. The molecule has 0 radical (unpaired) electrons. The molecular formula is C12H20N2O5. The summed E-state index contributed by atoms with van der Waals surface area (Å²) in [6.45, 7) is 2.02. The van der Waals surface area contributed by atoms with E-state index in [-0.39, 0.29) is 38.2 Å². The van der Waals surface area contributed by atoms with Crippen molar-refractivity contribution >= 4 is 18.0 Å². The summed E-state index contributed by atoms with van der Waals surface area (Å²) >= 11 is 0. The van der Waals surface area contributed by atoms with Gasteiger partial charge in [-0.3, -0.25) is 9.59 Å². The molecule has 0 saturated heterocycles. The normalized spacial score (nSPS) is 13.8. The first kappa shape index (κ1) is 15.3. The van der Waals surface area contributed by atoms with E-state index in [4.69, 9.17) is 9.84 Å². The van der Waals surface area contributed by atoms with Crippen LogP contribution in [0.3, 0.4) is 0 Å². The predicted octanol–water partition coefficient (Wildman–Crippen LogP) is 0.540. The highest BCUT2D eigenvalue weighted by molar-refractivity contribution is 5.81. The first-order chi connectivity index (χ1) is 8.95. The molecule has 0 bridgehead atoms. The van der Waals surface area contributed by atoms with Crippen molar-refractivity contribution in [2.75, 3.05) is 26.7 Å². The van der Waals surface area contributed by atoms with Crippen LogP contribution in [0.1, 0.15) is 26.2 Å². The molecule has 0 aliphatic heterocycles. The minimum Gasteiger partial charge on any atom is -0.481 e. The molecule has 1 aliphatic rings. The number of aliphatic carboxylic acids is 1. The monoisotopic (exact) mass is 272 g/mol. The molecule has 19 heavy (non-hydrogen) atoms. The van der Waals surface area contributed by atoms with E-state index in [9.17, 15) is 14.4 Å². The van der Waals surface area contributed by atoms with Gasteiger partial charge in [-0.2, -0.15) is 0 Å². The second-order valence-electron chi connectivity index (χ2n) is 4.51. The highest BCUT2D eigenvalue weighted by atomic mass is 16.5. The number of carbonyl (C=O) groups is 3. The van der Waals surface area contributed by atoms with E-state index in [1.165, 1.54) is 16.8 Å². The van der Waals surface area contributed by atoms with Crippen molar-refractivity contribution in [2.24, 2.45) is 0 Å². The third kappa shape index (κ3) is 5.15. The molecule has 1 saturated carbocycles. The molecule has 1 N–H and O–H groups in total. The van der Waals surface area contributed by atoms with E-state index in [2.05, 4.69) is 0 Å². The van der Waals surface area contributed by atoms with Gasteiger partial charge in [0.25, 0.3) is 0 Å². The average Bonchev–Trinajstić information content (AvgIpc) is 3.13. The Morgan fingerprint density at radius 3 is 2.42 bits per heavy atom. The Morgan fingerprint density at radius 2 is 1.95 bits per heavy atom. The van der Waals surface area contributed by atoms with E-state index in [1.54, 1.807) is 6.92 Å². The molecule has 2 amide bonds. The highest BCUT2D eigenvalue weighted by Gasteiger charge is 2.34. The lowest BCUT2D eigenvalue weighted by molar-refractivity contribution is -0.143. The van der Waals surface area contributed by atoms with Gasteiger partial charge in [-0.1, -0.05) is 0 Å². The summed E-state index contributed by atoms with van der Waals surface area (Å²) in [6.07, 6.45) is 1.69. The maximum atomic E-state index is 12.1. The molecule has 7 heteroatoms. The van der Waals surface area contributed by atoms with E-state index in [0.717, 1.165) is 12.8 Å². The number of carbonyl (C=O) groups excluding carboxylic acids is 2. The second-order valence-corrected chi connectivity index (χ2v) is 4.51. The Bertz CT molecular complexity index is 354. The quantitative estimate of drug-likeness (QED) is 0.683. The molecular weight excluding hydrogens is 252 g/mol. The van der Waals surface area contributed by atoms with Gasteiger partial charge in [0.15, 0.2) is 0 Å². The number of rotatable bonds is 7. The number of amides is 2. The topological polar surface area (TPSA) is 87.2 Å². The third-order valence-electron chi connectivity index (χ3n) is 2.80. The zero-order chi connectivity index (χ0) is 14.4. The predicted molar refractivity (Wildman–Crippen MR) is 66.6 cm³/mol. The lowest BCUT2D eigenvalue weighted by Gasteiger charge is -2.27. The summed E-state index contributed by atoms with van der Waals surface area (Å²) in [5, 5.41) is 8.67. The first-order valence-electron chi connectivity index (χ1n) is 6.34. The van der Waals surface area contributed by atoms with Crippen molar-refractivity contribution in [3.63, 3.8) is 0 Å². The summed E-state index contributed by atoms with van der Waals surface area (Å²) in [7, 11) is 1.51. The largest absolute Gasteiger partial charge is 0.481 e. The van der Waals surface area contributed by atoms with Crippen molar-refractivity contribution in [1.29, 1.82) is 0 Å². The van der Waals surface area contributed by atoms with Gasteiger partial charge in [-0.05, 0) is 19.8 Å². The van der Waals surface area contributed by atoms with Crippen LogP contribution in [0.4, 0.5) is 4.79 Å². The standard InChI is InChI=1S/C12H20N2O5/c1-3-19-11(17)8-13(2)12(18)14(9-4-5-9)7-6-10(15)16/h9H,3-8H2,1-2H3,(H,15,16). The third-order valence-corrected chi connectivity index (χ3v) is 2.80. The summed E-state index contributed by atoms with van der Waals surface area (Å²) < 4.78 is 4.77. The smallest absolute Gasteiger partial charge is 0.325 e. The van der Waals surface area contributed by atoms with Gasteiger partial charge in [0.2, 0.25) is 0 Å². The fourth-order valence-electron chi connectivity index (χ4n) is 1.72. The Hall–Kier alpha value is -1.79. The van der Waals surface area contributed by atoms with Gasteiger partial charge in [0.05, 0.1) is 13.0 Å². The van der Waals surface area contributed by atoms with Crippen LogP contribution in [0.2, 0.25) is 0 Å². The number of esters is 1. The average molecular weight is 272 g/mol. The number of likely N-dealkylation sites (N-methyl/N-ethyl adjacent to an activating group) is 1. The van der Waals surface area contributed by atoms with Crippen LogP contribution >= 0.6 is 0 Å². The van der Waals surface area contributed by atoms with E-state index >= 15 is 0 Å². The SMILES string of the molecule is CCOC(=O)CN(C)C(=O)N(CCC(=O)O)C1CC1. The van der Waals surface area contributed by atoms with Gasteiger partial charge in [-0.25, -0.2) is 4.79 Å². The Morgan fingerprint density at radius 1 is 1.32 bits per heavy atom. The number of urea groups is 1. The van der Waals surface area contributed by atoms with Crippen molar-refractivity contribution < 1.29 is 24.2 Å². The van der Waals surface area contributed by atoms with Gasteiger partial charge < -0.3 is 19.6 Å². The van der Waals surface area contributed by atoms with E-state index in [1.807, 2.05) is 0 Å². The van der Waals surface area contributed by atoms with Crippen molar-refractivity contribution in [3.8, 4) is 0 Å². The number of ether oxygens (including phenoxy) is 1. The van der Waals surface area contributed by atoms with Gasteiger partial charge in [0, 0.05) is 19.6 Å². The molecule has 108 valence electrons. The summed E-state index contributed by atoms with van der Waals surface area (Å²) in [4.78, 5) is 36.8.